The Kier molecular flexibility index (Phi) is 4.26. The third-order valence-corrected chi connectivity index (χ3v) is 2.82. The number of aryl methyl sites for hydroxylation is 1. The van der Waals surface area contributed by atoms with Crippen molar-refractivity contribution in [2.75, 3.05) is 32.7 Å². The average Bonchev–Trinajstić information content (AvgIpc) is 2.78. The molecule has 0 bridgehead atoms. The fourth-order valence-corrected chi connectivity index (χ4v) is 1.91. The van der Waals surface area contributed by atoms with Gasteiger partial charge in [-0.2, -0.15) is 0 Å². The minimum atomic E-state index is -0.0300. The Morgan fingerprint density at radius 2 is 2.12 bits per heavy atom. The van der Waals surface area contributed by atoms with Crippen molar-refractivity contribution in [3.8, 4) is 0 Å². The van der Waals surface area contributed by atoms with Gasteiger partial charge < -0.3 is 15.3 Å². The van der Waals surface area contributed by atoms with Gasteiger partial charge in [-0.15, -0.1) is 5.10 Å². The molecule has 1 fully saturated rings. The van der Waals surface area contributed by atoms with E-state index in [-0.39, 0.29) is 6.61 Å². The number of aliphatic hydroxyl groups excluding tert-OH is 1. The Labute approximate surface area is 95.2 Å². The molecule has 0 amide bonds. The fourth-order valence-electron chi connectivity index (χ4n) is 1.91. The zero-order valence-electron chi connectivity index (χ0n) is 9.47. The number of nitrogens with one attached hydrogen (secondary N) is 1. The van der Waals surface area contributed by atoms with E-state index in [4.69, 9.17) is 5.11 Å². The van der Waals surface area contributed by atoms with E-state index >= 15 is 0 Å². The first kappa shape index (κ1) is 11.5. The van der Waals surface area contributed by atoms with E-state index in [1.165, 1.54) is 0 Å². The van der Waals surface area contributed by atoms with Crippen LogP contribution in [0.15, 0.2) is 6.20 Å². The summed E-state index contributed by atoms with van der Waals surface area (Å²) in [5.41, 5.74) is 0.641. The highest BCUT2D eigenvalue weighted by Crippen LogP contribution is 1.98. The summed E-state index contributed by atoms with van der Waals surface area (Å²) < 4.78 is 1.80. The lowest BCUT2D eigenvalue weighted by Gasteiger charge is -2.26. The second-order valence-electron chi connectivity index (χ2n) is 4.08. The molecule has 0 atom stereocenters. The van der Waals surface area contributed by atoms with Gasteiger partial charge in [-0.05, 0) is 6.42 Å². The number of rotatable bonds is 5. The van der Waals surface area contributed by atoms with Crippen LogP contribution in [-0.2, 0) is 13.2 Å². The molecule has 1 aliphatic rings. The maximum absolute atomic E-state index is 8.85. The van der Waals surface area contributed by atoms with E-state index in [2.05, 4.69) is 20.5 Å². The third-order valence-electron chi connectivity index (χ3n) is 2.82. The van der Waals surface area contributed by atoms with Gasteiger partial charge in [0.05, 0.1) is 12.8 Å². The SMILES string of the molecule is OCc1cn(CCCN2CCNCC2)nn1. The van der Waals surface area contributed by atoms with E-state index in [1.54, 1.807) is 10.9 Å². The van der Waals surface area contributed by atoms with Crippen molar-refractivity contribution in [2.45, 2.75) is 19.6 Å². The molecule has 0 radical (unpaired) electrons. The molecular formula is C10H19N5O. The van der Waals surface area contributed by atoms with Gasteiger partial charge in [-0.1, -0.05) is 5.21 Å². The maximum Gasteiger partial charge on any atom is 0.108 e. The molecule has 1 saturated heterocycles. The zero-order valence-corrected chi connectivity index (χ0v) is 9.47. The van der Waals surface area contributed by atoms with E-state index in [0.29, 0.717) is 5.69 Å². The number of piperazine rings is 1. The van der Waals surface area contributed by atoms with Crippen molar-refractivity contribution in [2.24, 2.45) is 0 Å². The molecule has 1 aromatic rings. The summed E-state index contributed by atoms with van der Waals surface area (Å²) in [4.78, 5) is 2.46. The maximum atomic E-state index is 8.85. The minimum Gasteiger partial charge on any atom is -0.390 e. The van der Waals surface area contributed by atoms with Crippen LogP contribution < -0.4 is 5.32 Å². The molecular weight excluding hydrogens is 206 g/mol. The quantitative estimate of drug-likeness (QED) is 0.677. The van der Waals surface area contributed by atoms with Gasteiger partial charge in [0.15, 0.2) is 0 Å². The molecule has 0 unspecified atom stereocenters. The number of hydrogen-bond donors (Lipinski definition) is 2. The summed E-state index contributed by atoms with van der Waals surface area (Å²) in [5.74, 6) is 0. The lowest BCUT2D eigenvalue weighted by Crippen LogP contribution is -2.43. The van der Waals surface area contributed by atoms with Crippen molar-refractivity contribution < 1.29 is 5.11 Å². The molecule has 16 heavy (non-hydrogen) atoms. The topological polar surface area (TPSA) is 66.2 Å². The van der Waals surface area contributed by atoms with Gasteiger partial charge in [0.2, 0.25) is 0 Å². The number of aliphatic hydroxyl groups is 1. The lowest BCUT2D eigenvalue weighted by molar-refractivity contribution is 0.233. The van der Waals surface area contributed by atoms with Gasteiger partial charge in [-0.25, -0.2) is 0 Å². The summed E-state index contributed by atoms with van der Waals surface area (Å²) in [5, 5.41) is 20.0. The number of aromatic nitrogens is 3. The highest BCUT2D eigenvalue weighted by Gasteiger charge is 2.08. The zero-order chi connectivity index (χ0) is 11.2. The van der Waals surface area contributed by atoms with Crippen LogP contribution in [0.25, 0.3) is 0 Å². The Bertz CT molecular complexity index is 308. The molecule has 1 aromatic heterocycles. The molecule has 0 saturated carbocycles. The summed E-state index contributed by atoms with van der Waals surface area (Å²) >= 11 is 0. The second-order valence-corrected chi connectivity index (χ2v) is 4.08. The van der Waals surface area contributed by atoms with Crippen LogP contribution in [-0.4, -0.2) is 57.7 Å². The van der Waals surface area contributed by atoms with Gasteiger partial charge in [0.1, 0.15) is 5.69 Å². The van der Waals surface area contributed by atoms with Gasteiger partial charge in [0, 0.05) is 39.3 Å². The van der Waals surface area contributed by atoms with Crippen LogP contribution in [0.1, 0.15) is 12.1 Å². The summed E-state index contributed by atoms with van der Waals surface area (Å²) in [6.45, 7) is 6.42. The smallest absolute Gasteiger partial charge is 0.108 e. The van der Waals surface area contributed by atoms with Crippen LogP contribution in [0.2, 0.25) is 0 Å². The monoisotopic (exact) mass is 225 g/mol. The largest absolute Gasteiger partial charge is 0.390 e. The van der Waals surface area contributed by atoms with Gasteiger partial charge >= 0.3 is 0 Å². The van der Waals surface area contributed by atoms with E-state index in [1.807, 2.05) is 0 Å². The Balaban J connectivity index is 1.66. The first-order valence-corrected chi connectivity index (χ1v) is 5.81. The van der Waals surface area contributed by atoms with Crippen molar-refractivity contribution in [1.29, 1.82) is 0 Å². The van der Waals surface area contributed by atoms with Crippen molar-refractivity contribution in [3.05, 3.63) is 11.9 Å². The first-order valence-electron chi connectivity index (χ1n) is 5.81. The van der Waals surface area contributed by atoms with E-state index in [0.717, 1.165) is 45.7 Å². The van der Waals surface area contributed by atoms with E-state index < -0.39 is 0 Å². The minimum absolute atomic E-state index is 0.0300. The Morgan fingerprint density at radius 1 is 1.31 bits per heavy atom. The summed E-state index contributed by atoms with van der Waals surface area (Å²) in [6.07, 6.45) is 2.88. The molecule has 1 aliphatic heterocycles. The number of nitrogens with zero attached hydrogens (tertiary/aromatic N) is 4. The third kappa shape index (κ3) is 3.26. The predicted molar refractivity (Wildman–Crippen MR) is 59.9 cm³/mol. The van der Waals surface area contributed by atoms with Crippen LogP contribution in [0.5, 0.6) is 0 Å². The highest BCUT2D eigenvalue weighted by molar-refractivity contribution is 4.88. The number of hydrogen-bond acceptors (Lipinski definition) is 5. The van der Waals surface area contributed by atoms with Crippen LogP contribution in [0, 0.1) is 0 Å². The highest BCUT2D eigenvalue weighted by atomic mass is 16.3. The molecule has 0 aliphatic carbocycles. The molecule has 2 rings (SSSR count). The molecule has 6 heteroatoms. The fraction of sp³-hybridized carbons (Fsp3) is 0.800. The standard InChI is InChI=1S/C10H19N5O/c16-9-10-8-15(13-12-10)5-1-4-14-6-2-11-3-7-14/h8,11,16H,1-7,9H2. The summed E-state index contributed by atoms with van der Waals surface area (Å²) in [7, 11) is 0. The molecule has 90 valence electrons. The molecule has 0 spiro atoms. The Morgan fingerprint density at radius 3 is 2.81 bits per heavy atom. The summed E-state index contributed by atoms with van der Waals surface area (Å²) in [6, 6.07) is 0. The van der Waals surface area contributed by atoms with Gasteiger partial charge in [-0.3, -0.25) is 4.68 Å². The van der Waals surface area contributed by atoms with Crippen molar-refractivity contribution >= 4 is 0 Å². The average molecular weight is 225 g/mol. The predicted octanol–water partition coefficient (Wildman–Crippen LogP) is -0.934. The molecule has 0 aromatic carbocycles. The molecule has 6 nitrogen and oxygen atoms in total. The Hall–Kier alpha value is -0.980. The van der Waals surface area contributed by atoms with E-state index in [9.17, 15) is 0 Å². The lowest BCUT2D eigenvalue weighted by atomic mass is 10.3. The molecule has 2 heterocycles. The normalized spacial score (nSPS) is 17.8. The van der Waals surface area contributed by atoms with Gasteiger partial charge in [0.25, 0.3) is 0 Å². The van der Waals surface area contributed by atoms with Crippen molar-refractivity contribution in [3.63, 3.8) is 0 Å². The van der Waals surface area contributed by atoms with Crippen LogP contribution in [0.3, 0.4) is 0 Å². The van der Waals surface area contributed by atoms with Crippen LogP contribution in [0.4, 0.5) is 0 Å². The van der Waals surface area contributed by atoms with Crippen molar-refractivity contribution in [1.82, 2.24) is 25.2 Å². The second kappa shape index (κ2) is 5.93. The van der Waals surface area contributed by atoms with Crippen LogP contribution >= 0.6 is 0 Å². The molecule has 2 N–H and O–H groups in total. The first-order chi connectivity index (χ1) is 7.88.